The summed E-state index contributed by atoms with van der Waals surface area (Å²) in [6.45, 7) is 0. The van der Waals surface area contributed by atoms with Gasteiger partial charge in [-0.25, -0.2) is 9.59 Å². The average molecular weight is 302 g/mol. The summed E-state index contributed by atoms with van der Waals surface area (Å²) in [4.78, 5) is 35.9. The number of aromatic nitrogens is 1. The van der Waals surface area contributed by atoms with Gasteiger partial charge < -0.3 is 20.5 Å². The highest BCUT2D eigenvalue weighted by molar-refractivity contribution is 6.02. The molecule has 1 aromatic heterocycles. The maximum Gasteiger partial charge on any atom is 0.338 e. The molecule has 22 heavy (non-hydrogen) atoms. The highest BCUT2D eigenvalue weighted by atomic mass is 16.4. The number of aromatic amines is 1. The van der Waals surface area contributed by atoms with Gasteiger partial charge in [0.2, 0.25) is 11.9 Å². The molecular formula is C15H14N2O5. The fourth-order valence-corrected chi connectivity index (χ4v) is 2.01. The number of carbonyl (C=O) groups is 3. The van der Waals surface area contributed by atoms with Crippen molar-refractivity contribution in [2.45, 2.75) is 12.5 Å². The minimum atomic E-state index is -1.95. The predicted molar refractivity (Wildman–Crippen MR) is 78.3 cm³/mol. The lowest BCUT2D eigenvalue weighted by atomic mass is 10.1. The van der Waals surface area contributed by atoms with Gasteiger partial charge in [-0.2, -0.15) is 0 Å². The fourth-order valence-electron chi connectivity index (χ4n) is 2.01. The number of rotatable bonds is 6. The van der Waals surface area contributed by atoms with Crippen LogP contribution in [0.1, 0.15) is 5.56 Å². The Labute approximate surface area is 125 Å². The van der Waals surface area contributed by atoms with Gasteiger partial charge in [-0.15, -0.1) is 0 Å². The molecule has 7 heteroatoms. The number of allylic oxidation sites excluding steroid dienone is 1. The third-order valence-corrected chi connectivity index (χ3v) is 3.06. The summed E-state index contributed by atoms with van der Waals surface area (Å²) in [6, 6.07) is 5.73. The van der Waals surface area contributed by atoms with E-state index in [9.17, 15) is 14.4 Å². The van der Waals surface area contributed by atoms with Gasteiger partial charge in [0.15, 0.2) is 0 Å². The van der Waals surface area contributed by atoms with E-state index in [-0.39, 0.29) is 0 Å². The van der Waals surface area contributed by atoms with E-state index in [0.717, 1.165) is 22.5 Å². The van der Waals surface area contributed by atoms with Gasteiger partial charge >= 0.3 is 11.9 Å². The normalized spacial score (nSPS) is 11.1. The molecule has 0 aliphatic heterocycles. The van der Waals surface area contributed by atoms with E-state index >= 15 is 0 Å². The molecule has 0 saturated heterocycles. The molecule has 4 N–H and O–H groups in total. The van der Waals surface area contributed by atoms with E-state index in [0.29, 0.717) is 6.42 Å². The number of H-pyrrole nitrogens is 1. The van der Waals surface area contributed by atoms with Crippen LogP contribution in [-0.2, 0) is 20.8 Å². The van der Waals surface area contributed by atoms with E-state index < -0.39 is 23.9 Å². The number of nitrogens with one attached hydrogen (secondary N) is 2. The molecule has 0 saturated carbocycles. The van der Waals surface area contributed by atoms with Crippen molar-refractivity contribution in [1.29, 1.82) is 0 Å². The first-order chi connectivity index (χ1) is 10.5. The van der Waals surface area contributed by atoms with Crippen LogP contribution in [0.2, 0.25) is 0 Å². The molecule has 0 aliphatic carbocycles. The highest BCUT2D eigenvalue weighted by Gasteiger charge is 2.26. The smallest absolute Gasteiger partial charge is 0.338 e. The summed E-state index contributed by atoms with van der Waals surface area (Å²) in [5.41, 5.74) is 1.96. The number of carboxylic acids is 2. The number of carboxylic acid groups (broad SMARTS) is 2. The molecule has 1 aromatic carbocycles. The van der Waals surface area contributed by atoms with Crippen LogP contribution in [0.4, 0.5) is 0 Å². The number of hydrogen-bond acceptors (Lipinski definition) is 3. The molecule has 0 unspecified atom stereocenters. The maximum absolute atomic E-state index is 11.5. The summed E-state index contributed by atoms with van der Waals surface area (Å²) in [5, 5.41) is 20.3. The molecule has 2 rings (SSSR count). The molecule has 0 aliphatic rings. The van der Waals surface area contributed by atoms with Crippen LogP contribution in [0, 0.1) is 0 Å². The first kappa shape index (κ1) is 15.3. The second kappa shape index (κ2) is 6.57. The lowest BCUT2D eigenvalue weighted by Crippen LogP contribution is -2.45. The van der Waals surface area contributed by atoms with Crippen molar-refractivity contribution in [3.63, 3.8) is 0 Å². The Hall–Kier alpha value is -3.09. The Bertz CT molecular complexity index is 733. The van der Waals surface area contributed by atoms with Gasteiger partial charge in [-0.05, 0) is 24.1 Å². The summed E-state index contributed by atoms with van der Waals surface area (Å²) in [5.74, 6) is -4.01. The minimum Gasteiger partial charge on any atom is -0.479 e. The summed E-state index contributed by atoms with van der Waals surface area (Å²) < 4.78 is 0. The van der Waals surface area contributed by atoms with Gasteiger partial charge in [0.05, 0.1) is 0 Å². The molecule has 0 radical (unpaired) electrons. The monoisotopic (exact) mass is 302 g/mol. The van der Waals surface area contributed by atoms with E-state index in [2.05, 4.69) is 4.98 Å². The lowest BCUT2D eigenvalue weighted by Gasteiger charge is -2.07. The summed E-state index contributed by atoms with van der Waals surface area (Å²) in [6.07, 6.45) is 4.96. The van der Waals surface area contributed by atoms with Crippen LogP contribution < -0.4 is 5.32 Å². The van der Waals surface area contributed by atoms with Crippen LogP contribution >= 0.6 is 0 Å². The number of aliphatic carboxylic acids is 2. The Balaban J connectivity index is 1.99. The molecule has 0 atom stereocenters. The van der Waals surface area contributed by atoms with Crippen molar-refractivity contribution in [3.05, 3.63) is 48.2 Å². The third-order valence-electron chi connectivity index (χ3n) is 3.06. The van der Waals surface area contributed by atoms with Crippen LogP contribution in [0.15, 0.2) is 42.6 Å². The second-order valence-corrected chi connectivity index (χ2v) is 4.58. The van der Waals surface area contributed by atoms with Crippen LogP contribution in [0.3, 0.4) is 0 Å². The van der Waals surface area contributed by atoms with Crippen LogP contribution in [-0.4, -0.2) is 39.1 Å². The van der Waals surface area contributed by atoms with Gasteiger partial charge in [-0.3, -0.25) is 4.79 Å². The van der Waals surface area contributed by atoms with Crippen molar-refractivity contribution in [2.24, 2.45) is 0 Å². The zero-order valence-electron chi connectivity index (χ0n) is 11.4. The zero-order chi connectivity index (χ0) is 16.1. The Kier molecular flexibility index (Phi) is 4.57. The van der Waals surface area contributed by atoms with E-state index in [1.807, 2.05) is 35.8 Å². The SMILES string of the molecule is O=C(C=CCc1c[nH]c2ccccc12)NC(C(=O)O)C(=O)O. The molecule has 2 aromatic rings. The first-order valence-electron chi connectivity index (χ1n) is 6.46. The minimum absolute atomic E-state index is 0.461. The Morgan fingerprint density at radius 2 is 1.86 bits per heavy atom. The summed E-state index contributed by atoms with van der Waals surface area (Å²) in [7, 11) is 0. The average Bonchev–Trinajstić information content (AvgIpc) is 2.88. The van der Waals surface area contributed by atoms with Crippen LogP contribution in [0.25, 0.3) is 10.9 Å². The van der Waals surface area contributed by atoms with Crippen molar-refractivity contribution in [3.8, 4) is 0 Å². The molecule has 0 spiro atoms. The quantitative estimate of drug-likeness (QED) is 0.467. The van der Waals surface area contributed by atoms with Gasteiger partial charge in [0, 0.05) is 17.1 Å². The highest BCUT2D eigenvalue weighted by Crippen LogP contribution is 2.18. The molecule has 0 fully saturated rings. The van der Waals surface area contributed by atoms with Crippen molar-refractivity contribution < 1.29 is 24.6 Å². The van der Waals surface area contributed by atoms with Gasteiger partial charge in [-0.1, -0.05) is 24.3 Å². The maximum atomic E-state index is 11.5. The number of benzene rings is 1. The number of para-hydroxylation sites is 1. The molecular weight excluding hydrogens is 288 g/mol. The van der Waals surface area contributed by atoms with E-state index in [4.69, 9.17) is 10.2 Å². The standard InChI is InChI=1S/C15H14N2O5/c18-12(17-13(14(19)20)15(21)22)7-3-4-9-8-16-11-6-2-1-5-10(9)11/h1-3,5-8,13,16H,4H2,(H,17,18)(H,19,20)(H,21,22). The topological polar surface area (TPSA) is 119 Å². The third kappa shape index (κ3) is 3.51. The Morgan fingerprint density at radius 3 is 2.55 bits per heavy atom. The van der Waals surface area contributed by atoms with Gasteiger partial charge in [0.25, 0.3) is 0 Å². The first-order valence-corrected chi connectivity index (χ1v) is 6.46. The molecule has 7 nitrogen and oxygen atoms in total. The number of carbonyl (C=O) groups excluding carboxylic acids is 1. The Morgan fingerprint density at radius 1 is 1.18 bits per heavy atom. The molecule has 1 amide bonds. The predicted octanol–water partition coefficient (Wildman–Crippen LogP) is 0.921. The van der Waals surface area contributed by atoms with Gasteiger partial charge in [0.1, 0.15) is 0 Å². The second-order valence-electron chi connectivity index (χ2n) is 4.58. The van der Waals surface area contributed by atoms with Crippen molar-refractivity contribution >= 4 is 28.7 Å². The fraction of sp³-hybridized carbons (Fsp3) is 0.133. The largest absolute Gasteiger partial charge is 0.479 e. The summed E-state index contributed by atoms with van der Waals surface area (Å²) >= 11 is 0. The van der Waals surface area contributed by atoms with Crippen molar-refractivity contribution in [1.82, 2.24) is 10.3 Å². The number of hydrogen-bond donors (Lipinski definition) is 4. The number of fused-ring (bicyclic) bond motifs is 1. The van der Waals surface area contributed by atoms with E-state index in [1.165, 1.54) is 0 Å². The van der Waals surface area contributed by atoms with Crippen LogP contribution in [0.5, 0.6) is 0 Å². The molecule has 114 valence electrons. The lowest BCUT2D eigenvalue weighted by molar-refractivity contribution is -0.152. The van der Waals surface area contributed by atoms with Crippen molar-refractivity contribution in [2.75, 3.05) is 0 Å². The zero-order valence-corrected chi connectivity index (χ0v) is 11.4. The van der Waals surface area contributed by atoms with E-state index in [1.54, 1.807) is 6.08 Å². The molecule has 1 heterocycles. The number of amides is 1. The molecule has 0 bridgehead atoms.